The summed E-state index contributed by atoms with van der Waals surface area (Å²) in [5.41, 5.74) is 6.48. The van der Waals surface area contributed by atoms with Gasteiger partial charge in [0.2, 0.25) is 15.7 Å². The zero-order chi connectivity index (χ0) is 36.6. The smallest absolute Gasteiger partial charge is 0.297 e. The molecule has 17 nitrogen and oxygen atoms in total. The van der Waals surface area contributed by atoms with Crippen molar-refractivity contribution in [1.82, 2.24) is 19.8 Å². The molecule has 53 heavy (non-hydrogen) atoms. The topological polar surface area (TPSA) is 208 Å². The Kier molecular flexibility index (Phi) is 8.19. The molecule has 5 aliphatic rings. The van der Waals surface area contributed by atoms with E-state index >= 15 is 0 Å². The van der Waals surface area contributed by atoms with Gasteiger partial charge in [-0.15, -0.1) is 0 Å². The molecule has 0 radical (unpaired) electrons. The molecule has 0 aliphatic carbocycles. The highest BCUT2D eigenvalue weighted by Gasteiger charge is 2.45. The third-order valence-electron chi connectivity index (χ3n) is 10.8. The van der Waals surface area contributed by atoms with Gasteiger partial charge in [0.05, 0.1) is 70.5 Å². The maximum Gasteiger partial charge on any atom is 0.297 e. The number of carbonyl (C=O) groups excluding carboxylic acids is 1. The molecular weight excluding hydrogens is 708 g/mol. The van der Waals surface area contributed by atoms with E-state index < -0.39 is 38.5 Å². The zero-order valence-electron chi connectivity index (χ0n) is 28.8. The number of nitro benzene ring substituents is 1. The minimum absolute atomic E-state index is 0.000349. The molecule has 0 spiro atoms. The van der Waals surface area contributed by atoms with Crippen molar-refractivity contribution in [2.24, 2.45) is 5.73 Å². The highest BCUT2D eigenvalue weighted by molar-refractivity contribution is 7.91. The summed E-state index contributed by atoms with van der Waals surface area (Å²) >= 11 is 0. The van der Waals surface area contributed by atoms with Crippen molar-refractivity contribution in [2.45, 2.75) is 47.0 Å². The van der Waals surface area contributed by atoms with Gasteiger partial charge in [0, 0.05) is 55.9 Å². The van der Waals surface area contributed by atoms with Gasteiger partial charge >= 0.3 is 0 Å². The predicted molar refractivity (Wildman–Crippen MR) is 191 cm³/mol. The van der Waals surface area contributed by atoms with E-state index in [1.165, 1.54) is 24.3 Å². The van der Waals surface area contributed by atoms with Gasteiger partial charge in [-0.05, 0) is 31.2 Å². The minimum Gasteiger partial charge on any atom is -0.489 e. The molecule has 0 bridgehead atoms. The quantitative estimate of drug-likeness (QED) is 0.175. The van der Waals surface area contributed by atoms with Gasteiger partial charge in [-0.25, -0.2) is 8.42 Å². The molecular formula is C35H38N8O9S. The maximum absolute atomic E-state index is 14.8. The number of benzene rings is 2. The molecule has 5 aliphatic heterocycles. The number of nitrogens with two attached hydrogens (primary N) is 1. The van der Waals surface area contributed by atoms with E-state index in [1.54, 1.807) is 17.2 Å². The lowest BCUT2D eigenvalue weighted by molar-refractivity contribution is -0.384. The van der Waals surface area contributed by atoms with Gasteiger partial charge in [0.15, 0.2) is 11.4 Å². The number of carbonyl (C=O) groups is 1. The maximum atomic E-state index is 14.8. The van der Waals surface area contributed by atoms with Crippen LogP contribution in [-0.4, -0.2) is 129 Å². The number of aromatic nitrogens is 2. The van der Waals surface area contributed by atoms with Crippen LogP contribution in [0.4, 0.5) is 22.7 Å². The fraction of sp³-hybridized carbons (Fsp3) is 0.429. The van der Waals surface area contributed by atoms with Gasteiger partial charge in [0.25, 0.3) is 11.6 Å². The number of piperazine rings is 1. The Morgan fingerprint density at radius 3 is 2.68 bits per heavy atom. The van der Waals surface area contributed by atoms with Crippen molar-refractivity contribution < 1.29 is 37.1 Å². The molecule has 278 valence electrons. The summed E-state index contributed by atoms with van der Waals surface area (Å²) in [4.78, 5) is 38.5. The van der Waals surface area contributed by atoms with E-state index in [1.807, 2.05) is 6.07 Å². The van der Waals surface area contributed by atoms with Crippen molar-refractivity contribution in [1.29, 1.82) is 0 Å². The van der Waals surface area contributed by atoms with Crippen LogP contribution in [0.1, 0.15) is 17.3 Å². The number of fused-ring (bicyclic) bond motifs is 4. The van der Waals surface area contributed by atoms with Gasteiger partial charge < -0.3 is 39.9 Å². The number of hydrogen-bond donors (Lipinski definition) is 3. The van der Waals surface area contributed by atoms with Crippen LogP contribution in [0.3, 0.4) is 0 Å². The van der Waals surface area contributed by atoms with E-state index in [-0.39, 0.29) is 64.2 Å². The van der Waals surface area contributed by atoms with Crippen molar-refractivity contribution >= 4 is 49.5 Å². The summed E-state index contributed by atoms with van der Waals surface area (Å²) in [5.74, 6) is -0.596. The van der Waals surface area contributed by atoms with Crippen LogP contribution in [-0.2, 0) is 19.3 Å². The van der Waals surface area contributed by atoms with Crippen LogP contribution >= 0.6 is 0 Å². The molecule has 3 saturated heterocycles. The first-order chi connectivity index (χ1) is 25.6. The Morgan fingerprint density at radius 2 is 1.92 bits per heavy atom. The largest absolute Gasteiger partial charge is 0.489 e. The number of ether oxygens (including phenoxy) is 4. The fourth-order valence-electron chi connectivity index (χ4n) is 8.16. The number of aromatic amines is 1. The number of nitrogens with one attached hydrogen (secondary N) is 2. The third kappa shape index (κ3) is 5.72. The predicted octanol–water partition coefficient (Wildman–Crippen LogP) is 2.28. The number of sulfone groups is 1. The number of nitrogens with zero attached hydrogens (tertiary/aromatic N) is 5. The molecule has 4 atom stereocenters. The van der Waals surface area contributed by atoms with Crippen LogP contribution in [0, 0.1) is 10.1 Å². The number of primary amides is 1. The number of rotatable bonds is 8. The number of nitro groups is 1. The van der Waals surface area contributed by atoms with Gasteiger partial charge in [-0.1, -0.05) is 6.07 Å². The van der Waals surface area contributed by atoms with E-state index in [0.29, 0.717) is 30.0 Å². The van der Waals surface area contributed by atoms with Crippen molar-refractivity contribution in [3.8, 4) is 11.6 Å². The Labute approximate surface area is 304 Å². The van der Waals surface area contributed by atoms with Crippen molar-refractivity contribution in [2.75, 3.05) is 69.4 Å². The first kappa shape index (κ1) is 33.8. The number of para-hydroxylation sites is 1. The highest BCUT2D eigenvalue weighted by Crippen LogP contribution is 2.48. The molecule has 2 aromatic carbocycles. The first-order valence-electron chi connectivity index (χ1n) is 17.5. The van der Waals surface area contributed by atoms with Crippen LogP contribution < -0.4 is 25.4 Å². The third-order valence-corrected chi connectivity index (χ3v) is 12.6. The van der Waals surface area contributed by atoms with Crippen molar-refractivity contribution in [3.63, 3.8) is 0 Å². The second kappa shape index (κ2) is 12.8. The summed E-state index contributed by atoms with van der Waals surface area (Å²) in [6.45, 7) is 7.41. The normalized spacial score (nSPS) is 24.7. The summed E-state index contributed by atoms with van der Waals surface area (Å²) in [5, 5.41) is 16.6. The monoisotopic (exact) mass is 746 g/mol. The summed E-state index contributed by atoms with van der Waals surface area (Å²) in [6, 6.07) is 10.1. The summed E-state index contributed by atoms with van der Waals surface area (Å²) in [7, 11) is -4.57. The molecule has 1 amide bonds. The van der Waals surface area contributed by atoms with E-state index in [4.69, 9.17) is 24.7 Å². The van der Waals surface area contributed by atoms with Crippen LogP contribution in [0.25, 0.3) is 11.0 Å². The van der Waals surface area contributed by atoms with Crippen LogP contribution in [0.5, 0.6) is 11.6 Å². The lowest BCUT2D eigenvalue weighted by Gasteiger charge is -2.47. The van der Waals surface area contributed by atoms with Crippen molar-refractivity contribution in [3.05, 3.63) is 64.3 Å². The molecule has 4 N–H and O–H groups in total. The van der Waals surface area contributed by atoms with E-state index in [9.17, 15) is 23.3 Å². The van der Waals surface area contributed by atoms with E-state index in [0.717, 1.165) is 44.3 Å². The van der Waals surface area contributed by atoms with E-state index in [2.05, 4.69) is 32.0 Å². The number of hydrogen-bond acceptors (Lipinski definition) is 14. The lowest BCUT2D eigenvalue weighted by atomic mass is 10.0. The Hall–Kier alpha value is -5.01. The number of anilines is 3. The number of amides is 1. The average molecular weight is 747 g/mol. The summed E-state index contributed by atoms with van der Waals surface area (Å²) in [6.07, 6.45) is 1.18. The number of pyridine rings is 1. The average Bonchev–Trinajstić information content (AvgIpc) is 3.78. The first-order valence-corrected chi connectivity index (χ1v) is 19.0. The highest BCUT2D eigenvalue weighted by atomic mass is 32.2. The lowest BCUT2D eigenvalue weighted by Crippen LogP contribution is -2.61. The minimum atomic E-state index is -4.57. The Bertz CT molecular complexity index is 2250. The standard InChI is InChI=1S/C35H38N8O9S/c1-19-12-40(7-8-41(19)22-15-49-16-22)13-21-14-51-28-11-23(10-25(43(45)46)31(28)38-21)53(47,48)30-4-2-3-24(33(36)44)32(30)42-26-9-20-5-6-37-34(20)39-35(26)52-29-18-50-17-27(29)42/h2-6,9-11,19,21-22,27,29,38H,7-8,12-18H2,1H3,(H2,36,44)(H,37,39)/t19-,21+,27+,29-/m1/s1. The molecule has 18 heteroatoms. The zero-order valence-corrected chi connectivity index (χ0v) is 29.6. The Morgan fingerprint density at radius 1 is 1.09 bits per heavy atom. The summed E-state index contributed by atoms with van der Waals surface area (Å²) < 4.78 is 53.0. The second-order valence-corrected chi connectivity index (χ2v) is 16.1. The van der Waals surface area contributed by atoms with Gasteiger partial charge in [-0.2, -0.15) is 4.98 Å². The van der Waals surface area contributed by atoms with Gasteiger partial charge in [0.1, 0.15) is 24.0 Å². The molecule has 3 fully saturated rings. The molecule has 0 unspecified atom stereocenters. The van der Waals surface area contributed by atoms with Crippen LogP contribution in [0.15, 0.2) is 58.5 Å². The molecule has 7 heterocycles. The Balaban J connectivity index is 1.08. The second-order valence-electron chi connectivity index (χ2n) is 14.1. The molecule has 2 aromatic heterocycles. The number of H-pyrrole nitrogens is 1. The SMILES string of the molecule is C[C@@H]1CN(C[C@H]2COc3cc(S(=O)(=O)c4cccc(C(N)=O)c4N4c5cc6cc[nH]c6nc5O[C@@H]5COC[C@@H]54)cc([N+](=O)[O-])c3N2)CCN1C1COC1. The molecule has 4 aromatic rings. The fourth-order valence-corrected chi connectivity index (χ4v) is 9.67. The van der Waals surface area contributed by atoms with Gasteiger partial charge in [-0.3, -0.25) is 24.7 Å². The van der Waals surface area contributed by atoms with Crippen LogP contribution in [0.2, 0.25) is 0 Å². The molecule has 0 saturated carbocycles. The molecule has 9 rings (SSSR count).